The number of hydrogen-bond acceptors (Lipinski definition) is 5. The van der Waals surface area contributed by atoms with Crippen LogP contribution in [0.3, 0.4) is 0 Å². The summed E-state index contributed by atoms with van der Waals surface area (Å²) >= 11 is 6.00. The minimum atomic E-state index is -0.702. The lowest BCUT2D eigenvalue weighted by Crippen LogP contribution is -2.43. The Morgan fingerprint density at radius 1 is 1.06 bits per heavy atom. The molecule has 0 N–H and O–H groups in total. The van der Waals surface area contributed by atoms with Gasteiger partial charge in [0, 0.05) is 16.6 Å². The predicted octanol–water partition coefficient (Wildman–Crippen LogP) is 5.16. The van der Waals surface area contributed by atoms with Gasteiger partial charge in [-0.2, -0.15) is 0 Å². The van der Waals surface area contributed by atoms with Crippen LogP contribution in [-0.4, -0.2) is 36.6 Å². The van der Waals surface area contributed by atoms with E-state index in [0.717, 1.165) is 5.56 Å². The Morgan fingerprint density at radius 2 is 1.74 bits per heavy atom. The molecular weight excluding hydrogens is 420 g/mol. The Bertz CT molecular complexity index is 1100. The van der Waals surface area contributed by atoms with E-state index in [-0.39, 0.29) is 6.54 Å². The van der Waals surface area contributed by atoms with Crippen LogP contribution in [0.1, 0.15) is 36.7 Å². The van der Waals surface area contributed by atoms with E-state index < -0.39 is 17.7 Å². The fourth-order valence-electron chi connectivity index (χ4n) is 3.10. The molecule has 0 aliphatic heterocycles. The number of carbonyl (C=O) groups is 2. The van der Waals surface area contributed by atoms with Crippen LogP contribution in [0.2, 0.25) is 5.02 Å². The van der Waals surface area contributed by atoms with E-state index in [1.165, 1.54) is 12.1 Å². The standard InChI is InChI=1S/C23H25ClN2O5/c1-23(2,3)31-22(28)26(13-15-6-8-16(24)9-7-15)25-14-19(21(27)30-5)18-12-17(29-4)10-11-20(18)25/h6-12,14H,13H2,1-5H3. The van der Waals surface area contributed by atoms with Crippen molar-refractivity contribution >= 4 is 34.6 Å². The molecule has 0 saturated carbocycles. The number of aromatic nitrogens is 1. The third-order valence-corrected chi connectivity index (χ3v) is 4.76. The smallest absolute Gasteiger partial charge is 0.429 e. The van der Waals surface area contributed by atoms with Gasteiger partial charge in [-0.05, 0) is 56.7 Å². The number of amides is 1. The van der Waals surface area contributed by atoms with E-state index in [1.807, 2.05) is 12.1 Å². The van der Waals surface area contributed by atoms with Crippen LogP contribution in [0.15, 0.2) is 48.7 Å². The van der Waals surface area contributed by atoms with E-state index in [4.69, 9.17) is 25.8 Å². The second-order valence-corrected chi connectivity index (χ2v) is 8.36. The van der Waals surface area contributed by atoms with Crippen molar-refractivity contribution in [2.24, 2.45) is 0 Å². The normalized spacial score (nSPS) is 11.3. The fourth-order valence-corrected chi connectivity index (χ4v) is 3.22. The molecule has 31 heavy (non-hydrogen) atoms. The zero-order valence-corrected chi connectivity index (χ0v) is 18.9. The maximum absolute atomic E-state index is 13.2. The summed E-state index contributed by atoms with van der Waals surface area (Å²) in [6.45, 7) is 5.58. The Kier molecular flexibility index (Phi) is 6.45. The minimum Gasteiger partial charge on any atom is -0.497 e. The summed E-state index contributed by atoms with van der Waals surface area (Å²) in [5.41, 5.74) is 1.07. The van der Waals surface area contributed by atoms with Gasteiger partial charge in [-0.3, -0.25) is 4.68 Å². The summed E-state index contributed by atoms with van der Waals surface area (Å²) in [5, 5.41) is 2.62. The topological polar surface area (TPSA) is 70.0 Å². The number of methoxy groups -OCH3 is 2. The van der Waals surface area contributed by atoms with Gasteiger partial charge in [-0.1, -0.05) is 23.7 Å². The van der Waals surface area contributed by atoms with Crippen LogP contribution in [0, 0.1) is 0 Å². The molecule has 164 valence electrons. The van der Waals surface area contributed by atoms with Crippen LogP contribution in [0.25, 0.3) is 10.9 Å². The number of esters is 1. The third kappa shape index (κ3) is 5.11. The molecule has 3 rings (SSSR count). The summed E-state index contributed by atoms with van der Waals surface area (Å²) in [4.78, 5) is 25.6. The molecule has 0 atom stereocenters. The molecule has 0 saturated heterocycles. The second-order valence-electron chi connectivity index (χ2n) is 7.93. The molecule has 0 bridgehead atoms. The van der Waals surface area contributed by atoms with E-state index in [1.54, 1.807) is 69.1 Å². The van der Waals surface area contributed by atoms with Crippen molar-refractivity contribution in [2.75, 3.05) is 19.2 Å². The van der Waals surface area contributed by atoms with Gasteiger partial charge >= 0.3 is 12.1 Å². The minimum absolute atomic E-state index is 0.197. The molecule has 1 heterocycles. The van der Waals surface area contributed by atoms with Crippen molar-refractivity contribution in [3.8, 4) is 5.75 Å². The van der Waals surface area contributed by atoms with Gasteiger partial charge < -0.3 is 14.2 Å². The number of fused-ring (bicyclic) bond motifs is 1. The first-order valence-electron chi connectivity index (χ1n) is 9.65. The predicted molar refractivity (Wildman–Crippen MR) is 119 cm³/mol. The summed E-state index contributed by atoms with van der Waals surface area (Å²) in [5.74, 6) is 0.0598. The number of carbonyl (C=O) groups excluding carboxylic acids is 2. The molecule has 0 aliphatic rings. The molecule has 1 aromatic heterocycles. The summed E-state index contributed by atoms with van der Waals surface area (Å²) in [6, 6.07) is 12.4. The highest BCUT2D eigenvalue weighted by Crippen LogP contribution is 2.28. The summed E-state index contributed by atoms with van der Waals surface area (Å²) in [7, 11) is 2.86. The molecule has 0 radical (unpaired) electrons. The van der Waals surface area contributed by atoms with Gasteiger partial charge in [-0.15, -0.1) is 0 Å². The molecule has 0 aliphatic carbocycles. The maximum atomic E-state index is 13.2. The van der Waals surface area contributed by atoms with Crippen LogP contribution in [0.4, 0.5) is 4.79 Å². The zero-order chi connectivity index (χ0) is 22.8. The second kappa shape index (κ2) is 8.89. The number of rotatable bonds is 5. The van der Waals surface area contributed by atoms with E-state index in [9.17, 15) is 9.59 Å². The average molecular weight is 445 g/mol. The Labute approximate surface area is 186 Å². The van der Waals surface area contributed by atoms with Gasteiger partial charge in [0.25, 0.3) is 0 Å². The van der Waals surface area contributed by atoms with E-state index in [0.29, 0.717) is 27.2 Å². The molecule has 8 heteroatoms. The molecule has 0 unspecified atom stereocenters. The number of benzene rings is 2. The molecule has 0 spiro atoms. The monoisotopic (exact) mass is 444 g/mol. The van der Waals surface area contributed by atoms with Crippen LogP contribution in [-0.2, 0) is 16.0 Å². The quantitative estimate of drug-likeness (QED) is 0.508. The van der Waals surface area contributed by atoms with Gasteiger partial charge in [0.2, 0.25) is 0 Å². The molecule has 2 aromatic carbocycles. The fraction of sp³-hybridized carbons (Fsp3) is 0.304. The highest BCUT2D eigenvalue weighted by atomic mass is 35.5. The third-order valence-electron chi connectivity index (χ3n) is 4.51. The molecule has 7 nitrogen and oxygen atoms in total. The van der Waals surface area contributed by atoms with Crippen LogP contribution in [0.5, 0.6) is 5.75 Å². The van der Waals surface area contributed by atoms with Crippen molar-refractivity contribution < 1.29 is 23.8 Å². The lowest BCUT2D eigenvalue weighted by molar-refractivity contribution is 0.0532. The lowest BCUT2D eigenvalue weighted by Gasteiger charge is -2.28. The summed E-state index contributed by atoms with van der Waals surface area (Å²) < 4.78 is 17.5. The van der Waals surface area contributed by atoms with Crippen LogP contribution < -0.4 is 9.75 Å². The molecule has 1 amide bonds. The SMILES string of the molecule is COC(=O)c1cn(N(Cc2ccc(Cl)cc2)C(=O)OC(C)(C)C)c2ccc(OC)cc12. The lowest BCUT2D eigenvalue weighted by atomic mass is 10.1. The van der Waals surface area contributed by atoms with Crippen molar-refractivity contribution in [2.45, 2.75) is 32.9 Å². The van der Waals surface area contributed by atoms with Crippen LogP contribution >= 0.6 is 11.6 Å². The first-order valence-corrected chi connectivity index (χ1v) is 10.0. The molecular formula is C23H25ClN2O5. The van der Waals surface area contributed by atoms with E-state index >= 15 is 0 Å². The summed E-state index contributed by atoms with van der Waals surface area (Å²) in [6.07, 6.45) is 1.00. The van der Waals surface area contributed by atoms with Gasteiger partial charge in [0.15, 0.2) is 0 Å². The molecule has 3 aromatic rings. The number of halogens is 1. The van der Waals surface area contributed by atoms with Crippen molar-refractivity contribution in [3.05, 3.63) is 64.8 Å². The van der Waals surface area contributed by atoms with Crippen molar-refractivity contribution in [3.63, 3.8) is 0 Å². The number of nitrogens with zero attached hydrogens (tertiary/aromatic N) is 2. The van der Waals surface area contributed by atoms with Crippen molar-refractivity contribution in [1.29, 1.82) is 0 Å². The highest BCUT2D eigenvalue weighted by Gasteiger charge is 2.27. The maximum Gasteiger partial charge on any atom is 0.429 e. The number of ether oxygens (including phenoxy) is 3. The Balaban J connectivity index is 2.16. The zero-order valence-electron chi connectivity index (χ0n) is 18.1. The Morgan fingerprint density at radius 3 is 2.32 bits per heavy atom. The van der Waals surface area contributed by atoms with E-state index in [2.05, 4.69) is 0 Å². The van der Waals surface area contributed by atoms with Gasteiger partial charge in [0.1, 0.15) is 11.4 Å². The first kappa shape index (κ1) is 22.5. The first-order chi connectivity index (χ1) is 14.6. The largest absolute Gasteiger partial charge is 0.497 e. The highest BCUT2D eigenvalue weighted by molar-refractivity contribution is 6.30. The Hall–Kier alpha value is -3.19. The van der Waals surface area contributed by atoms with Crippen molar-refractivity contribution in [1.82, 2.24) is 4.68 Å². The number of hydrogen-bond donors (Lipinski definition) is 0. The van der Waals surface area contributed by atoms with Gasteiger partial charge in [0.05, 0.1) is 31.8 Å². The molecule has 0 fully saturated rings. The van der Waals surface area contributed by atoms with Gasteiger partial charge in [-0.25, -0.2) is 14.6 Å². The average Bonchev–Trinajstić information content (AvgIpc) is 3.09.